The van der Waals surface area contributed by atoms with E-state index in [1.165, 1.54) is 6.26 Å². The summed E-state index contributed by atoms with van der Waals surface area (Å²) < 4.78 is 5.03. The molecule has 0 spiro atoms. The van der Waals surface area contributed by atoms with E-state index in [2.05, 4.69) is 20.9 Å². The third-order valence-corrected chi connectivity index (χ3v) is 3.74. The van der Waals surface area contributed by atoms with Gasteiger partial charge in [0.1, 0.15) is 0 Å². The highest BCUT2D eigenvalue weighted by molar-refractivity contribution is 14.0. The Labute approximate surface area is 181 Å². The van der Waals surface area contributed by atoms with Gasteiger partial charge < -0.3 is 25.3 Å². The van der Waals surface area contributed by atoms with Crippen molar-refractivity contribution in [2.45, 2.75) is 6.54 Å². The van der Waals surface area contributed by atoms with E-state index in [0.29, 0.717) is 31.2 Å². The first kappa shape index (κ1) is 23.5. The molecule has 0 radical (unpaired) electrons. The molecule has 0 unspecified atom stereocenters. The molecule has 9 heteroatoms. The number of guanidine groups is 1. The zero-order valence-corrected chi connectivity index (χ0v) is 18.5. The molecule has 1 aromatic heterocycles. The van der Waals surface area contributed by atoms with Gasteiger partial charge in [0.05, 0.1) is 6.26 Å². The number of nitrogens with zero attached hydrogens (tertiary/aromatic N) is 2. The van der Waals surface area contributed by atoms with Gasteiger partial charge in [-0.2, -0.15) is 0 Å². The normalized spacial score (nSPS) is 10.6. The smallest absolute Gasteiger partial charge is 0.287 e. The van der Waals surface area contributed by atoms with Crippen molar-refractivity contribution in [1.82, 2.24) is 20.9 Å². The third-order valence-electron chi connectivity index (χ3n) is 3.74. The Morgan fingerprint density at radius 2 is 1.71 bits per heavy atom. The Morgan fingerprint density at radius 1 is 1.04 bits per heavy atom. The lowest BCUT2D eigenvalue weighted by Crippen LogP contribution is -2.41. The number of carbonyl (C=O) groups excluding carboxylic acids is 2. The van der Waals surface area contributed by atoms with Crippen molar-refractivity contribution in [3.63, 3.8) is 0 Å². The zero-order chi connectivity index (χ0) is 19.6. The molecule has 2 amide bonds. The molecule has 28 heavy (non-hydrogen) atoms. The van der Waals surface area contributed by atoms with Crippen LogP contribution in [0.3, 0.4) is 0 Å². The fourth-order valence-electron chi connectivity index (χ4n) is 2.28. The molecular weight excluding hydrogens is 473 g/mol. The molecule has 0 fully saturated rings. The first-order valence-corrected chi connectivity index (χ1v) is 8.58. The number of halogens is 1. The molecule has 2 aromatic rings. The molecule has 1 heterocycles. The van der Waals surface area contributed by atoms with Crippen molar-refractivity contribution in [3.8, 4) is 0 Å². The van der Waals surface area contributed by atoms with Gasteiger partial charge in [-0.25, -0.2) is 0 Å². The van der Waals surface area contributed by atoms with E-state index < -0.39 is 0 Å². The maximum Gasteiger partial charge on any atom is 0.287 e. The molecule has 0 saturated carbocycles. The lowest BCUT2D eigenvalue weighted by atomic mass is 10.1. The molecule has 0 aliphatic carbocycles. The van der Waals surface area contributed by atoms with Crippen LogP contribution in [0, 0.1) is 0 Å². The number of carbonyl (C=O) groups is 2. The Bertz CT molecular complexity index is 773. The predicted octanol–water partition coefficient (Wildman–Crippen LogP) is 1.69. The Balaban J connectivity index is 0.00000392. The summed E-state index contributed by atoms with van der Waals surface area (Å²) in [5.74, 6) is 0.630. The fraction of sp³-hybridized carbons (Fsp3) is 0.316. The number of benzene rings is 1. The number of furan rings is 1. The van der Waals surface area contributed by atoms with Gasteiger partial charge in [0.15, 0.2) is 11.7 Å². The van der Waals surface area contributed by atoms with Crippen LogP contribution in [-0.2, 0) is 6.54 Å². The largest absolute Gasteiger partial charge is 0.459 e. The molecule has 0 saturated heterocycles. The summed E-state index contributed by atoms with van der Waals surface area (Å²) in [6.07, 6.45) is 1.46. The number of aliphatic imine (C=N–C) groups is 1. The van der Waals surface area contributed by atoms with Crippen LogP contribution >= 0.6 is 24.0 Å². The molecule has 0 aliphatic heterocycles. The van der Waals surface area contributed by atoms with Crippen LogP contribution in [0.2, 0.25) is 0 Å². The number of hydrogen-bond donors (Lipinski definition) is 3. The number of rotatable bonds is 7. The van der Waals surface area contributed by atoms with Crippen molar-refractivity contribution in [2.24, 2.45) is 4.99 Å². The standard InChI is InChI=1S/C19H25N5O3.HI/c1-20-19(22-11-10-21-17(25)16-5-4-12-27-16)23-13-14-6-8-15(9-7-14)18(26)24(2)3;/h4-9,12H,10-11,13H2,1-3H3,(H,21,25)(H2,20,22,23);1H. The number of nitrogens with one attached hydrogen (secondary N) is 3. The van der Waals surface area contributed by atoms with Gasteiger partial charge in [0.25, 0.3) is 11.8 Å². The van der Waals surface area contributed by atoms with Crippen molar-refractivity contribution in [1.29, 1.82) is 0 Å². The average molecular weight is 499 g/mol. The topological polar surface area (TPSA) is 99.0 Å². The Morgan fingerprint density at radius 3 is 2.29 bits per heavy atom. The molecule has 0 bridgehead atoms. The maximum absolute atomic E-state index is 11.9. The second kappa shape index (κ2) is 12.0. The first-order valence-electron chi connectivity index (χ1n) is 8.58. The van der Waals surface area contributed by atoms with E-state index in [4.69, 9.17) is 4.42 Å². The SMILES string of the molecule is CN=C(NCCNC(=O)c1ccco1)NCc1ccc(C(=O)N(C)C)cc1.I. The van der Waals surface area contributed by atoms with Crippen molar-refractivity contribution >= 4 is 41.8 Å². The summed E-state index contributed by atoms with van der Waals surface area (Å²) in [7, 11) is 5.13. The Kier molecular flexibility index (Phi) is 10.1. The minimum Gasteiger partial charge on any atom is -0.459 e. The Hall–Kier alpha value is -2.56. The number of hydrogen-bond acceptors (Lipinski definition) is 4. The predicted molar refractivity (Wildman–Crippen MR) is 119 cm³/mol. The summed E-state index contributed by atoms with van der Waals surface area (Å²) in [4.78, 5) is 29.3. The van der Waals surface area contributed by atoms with Gasteiger partial charge in [-0.05, 0) is 29.8 Å². The molecule has 0 aliphatic rings. The van der Waals surface area contributed by atoms with Gasteiger partial charge in [0, 0.05) is 46.3 Å². The molecular formula is C19H26IN5O3. The van der Waals surface area contributed by atoms with Crippen molar-refractivity contribution < 1.29 is 14.0 Å². The number of amides is 2. The van der Waals surface area contributed by atoms with Crippen molar-refractivity contribution in [3.05, 3.63) is 59.5 Å². The van der Waals surface area contributed by atoms with E-state index >= 15 is 0 Å². The van der Waals surface area contributed by atoms with Gasteiger partial charge in [0.2, 0.25) is 0 Å². The summed E-state index contributed by atoms with van der Waals surface area (Å²) in [6, 6.07) is 10.7. The van der Waals surface area contributed by atoms with Gasteiger partial charge >= 0.3 is 0 Å². The molecule has 0 atom stereocenters. The van der Waals surface area contributed by atoms with Gasteiger partial charge in [-0.15, -0.1) is 24.0 Å². The summed E-state index contributed by atoms with van der Waals surface area (Å²) in [6.45, 7) is 1.51. The van der Waals surface area contributed by atoms with Crippen LogP contribution in [0.5, 0.6) is 0 Å². The molecule has 152 valence electrons. The van der Waals surface area contributed by atoms with Crippen LogP contribution in [0.25, 0.3) is 0 Å². The highest BCUT2D eigenvalue weighted by Gasteiger charge is 2.08. The van der Waals surface area contributed by atoms with E-state index in [-0.39, 0.29) is 41.6 Å². The summed E-state index contributed by atoms with van der Waals surface area (Å²) in [5, 5.41) is 9.05. The van der Waals surface area contributed by atoms with E-state index in [9.17, 15) is 9.59 Å². The van der Waals surface area contributed by atoms with Crippen LogP contribution < -0.4 is 16.0 Å². The van der Waals surface area contributed by atoms with E-state index in [1.54, 1.807) is 50.3 Å². The quantitative estimate of drug-likeness (QED) is 0.233. The minimum absolute atomic E-state index is 0. The fourth-order valence-corrected chi connectivity index (χ4v) is 2.28. The summed E-state index contributed by atoms with van der Waals surface area (Å²) in [5.41, 5.74) is 1.68. The van der Waals surface area contributed by atoms with Crippen LogP contribution in [0.4, 0.5) is 0 Å². The highest BCUT2D eigenvalue weighted by Crippen LogP contribution is 2.06. The lowest BCUT2D eigenvalue weighted by molar-refractivity contribution is 0.0827. The highest BCUT2D eigenvalue weighted by atomic mass is 127. The van der Waals surface area contributed by atoms with Crippen LogP contribution in [-0.4, -0.2) is 56.9 Å². The first-order chi connectivity index (χ1) is 13.0. The third kappa shape index (κ3) is 7.22. The zero-order valence-electron chi connectivity index (χ0n) is 16.2. The van der Waals surface area contributed by atoms with E-state index in [1.807, 2.05) is 12.1 Å². The molecule has 3 N–H and O–H groups in total. The monoisotopic (exact) mass is 499 g/mol. The average Bonchev–Trinajstić information content (AvgIpc) is 3.22. The van der Waals surface area contributed by atoms with Crippen LogP contribution in [0.1, 0.15) is 26.5 Å². The maximum atomic E-state index is 11.9. The van der Waals surface area contributed by atoms with Gasteiger partial charge in [-0.3, -0.25) is 14.6 Å². The molecule has 1 aromatic carbocycles. The van der Waals surface area contributed by atoms with Crippen LogP contribution in [0.15, 0.2) is 52.1 Å². The van der Waals surface area contributed by atoms with Gasteiger partial charge in [-0.1, -0.05) is 12.1 Å². The molecule has 2 rings (SSSR count). The van der Waals surface area contributed by atoms with Crippen molar-refractivity contribution in [2.75, 3.05) is 34.2 Å². The second-order valence-electron chi connectivity index (χ2n) is 5.98. The summed E-state index contributed by atoms with van der Waals surface area (Å²) >= 11 is 0. The molecule has 8 nitrogen and oxygen atoms in total. The van der Waals surface area contributed by atoms with E-state index in [0.717, 1.165) is 5.56 Å². The minimum atomic E-state index is -0.253. The second-order valence-corrected chi connectivity index (χ2v) is 5.98. The lowest BCUT2D eigenvalue weighted by Gasteiger charge is -2.13.